The summed E-state index contributed by atoms with van der Waals surface area (Å²) in [6.45, 7) is 4.21. The summed E-state index contributed by atoms with van der Waals surface area (Å²) in [6.07, 6.45) is 6.27. The average Bonchev–Trinajstić information content (AvgIpc) is 2.94. The number of carbonyl (C=O) groups excluding carboxylic acids is 1. The molecule has 1 fully saturated rings. The molecule has 1 heterocycles. The number of amides is 1. The quantitative estimate of drug-likeness (QED) is 0.947. The van der Waals surface area contributed by atoms with Crippen LogP contribution in [0.5, 0.6) is 0 Å². The van der Waals surface area contributed by atoms with Crippen LogP contribution in [0.4, 0.5) is 0 Å². The number of aromatic nitrogens is 1. The summed E-state index contributed by atoms with van der Waals surface area (Å²) >= 11 is 0. The molecule has 1 saturated carbocycles. The monoisotopic (exact) mass is 298 g/mol. The number of carbonyl (C=O) groups is 1. The van der Waals surface area contributed by atoms with Crippen LogP contribution in [0.3, 0.4) is 0 Å². The third-order valence-corrected chi connectivity index (χ3v) is 4.45. The van der Waals surface area contributed by atoms with Crippen LogP contribution >= 0.6 is 0 Å². The Labute approximate surface area is 130 Å². The summed E-state index contributed by atoms with van der Waals surface area (Å²) in [4.78, 5) is 24.4. The van der Waals surface area contributed by atoms with E-state index >= 15 is 0 Å². The summed E-state index contributed by atoms with van der Waals surface area (Å²) in [6, 6.07) is 5.86. The van der Waals surface area contributed by atoms with Crippen LogP contribution in [-0.4, -0.2) is 16.5 Å². The van der Waals surface area contributed by atoms with Crippen molar-refractivity contribution >= 4 is 16.8 Å². The van der Waals surface area contributed by atoms with Gasteiger partial charge in [0.05, 0.1) is 5.52 Å². The van der Waals surface area contributed by atoms with E-state index in [1.807, 2.05) is 30.5 Å². The largest absolute Gasteiger partial charge is 0.352 e. The van der Waals surface area contributed by atoms with Crippen molar-refractivity contribution in [1.29, 1.82) is 0 Å². The Morgan fingerprint density at radius 1 is 1.27 bits per heavy atom. The number of aryl methyl sites for hydroxylation is 2. The van der Waals surface area contributed by atoms with Crippen LogP contribution in [0.2, 0.25) is 0 Å². The third kappa shape index (κ3) is 2.91. The Balaban J connectivity index is 1.92. The molecular weight excluding hydrogens is 276 g/mol. The van der Waals surface area contributed by atoms with Crippen molar-refractivity contribution in [3.8, 4) is 0 Å². The van der Waals surface area contributed by atoms with Crippen molar-refractivity contribution in [1.82, 2.24) is 9.88 Å². The predicted octanol–water partition coefficient (Wildman–Crippen LogP) is 2.68. The normalized spacial score (nSPS) is 15.4. The van der Waals surface area contributed by atoms with Crippen LogP contribution in [0.25, 0.3) is 10.9 Å². The molecular formula is C18H22N2O2. The van der Waals surface area contributed by atoms with Crippen molar-refractivity contribution in [3.63, 3.8) is 0 Å². The smallest absolute Gasteiger partial charge is 0.240 e. The lowest BCUT2D eigenvalue weighted by Crippen LogP contribution is -2.35. The average molecular weight is 298 g/mol. The molecule has 0 saturated heterocycles. The molecule has 0 aliphatic heterocycles. The van der Waals surface area contributed by atoms with E-state index in [0.29, 0.717) is 11.4 Å². The Morgan fingerprint density at radius 3 is 2.73 bits per heavy atom. The highest BCUT2D eigenvalue weighted by Gasteiger charge is 2.17. The van der Waals surface area contributed by atoms with Crippen LogP contribution in [0.15, 0.2) is 29.2 Å². The van der Waals surface area contributed by atoms with Gasteiger partial charge in [-0.15, -0.1) is 0 Å². The SMILES string of the molecule is Cc1cc(C)c2c(=O)ccn(CC(=O)NC3CCCC3)c2c1. The number of hydrogen-bond acceptors (Lipinski definition) is 2. The van der Waals surface area contributed by atoms with Gasteiger partial charge in [-0.25, -0.2) is 0 Å². The van der Waals surface area contributed by atoms with Crippen molar-refractivity contribution in [2.45, 2.75) is 52.1 Å². The molecule has 1 aliphatic rings. The maximum absolute atomic E-state index is 12.3. The maximum atomic E-state index is 12.3. The van der Waals surface area contributed by atoms with E-state index in [1.54, 1.807) is 12.3 Å². The van der Waals surface area contributed by atoms with E-state index in [-0.39, 0.29) is 17.9 Å². The number of pyridine rings is 1. The molecule has 116 valence electrons. The second-order valence-corrected chi connectivity index (χ2v) is 6.33. The van der Waals surface area contributed by atoms with Gasteiger partial charge in [-0.1, -0.05) is 18.9 Å². The summed E-state index contributed by atoms with van der Waals surface area (Å²) in [5.74, 6) is 0.0241. The van der Waals surface area contributed by atoms with Gasteiger partial charge in [0.1, 0.15) is 6.54 Å². The molecule has 3 rings (SSSR count). The van der Waals surface area contributed by atoms with Gasteiger partial charge in [-0.2, -0.15) is 0 Å². The molecule has 22 heavy (non-hydrogen) atoms. The van der Waals surface area contributed by atoms with Gasteiger partial charge in [-0.3, -0.25) is 9.59 Å². The van der Waals surface area contributed by atoms with Crippen LogP contribution in [0.1, 0.15) is 36.8 Å². The van der Waals surface area contributed by atoms with Gasteiger partial charge in [0.25, 0.3) is 0 Å². The van der Waals surface area contributed by atoms with Crippen molar-refractivity contribution in [3.05, 3.63) is 45.7 Å². The van der Waals surface area contributed by atoms with Gasteiger partial charge >= 0.3 is 0 Å². The molecule has 1 aliphatic carbocycles. The van der Waals surface area contributed by atoms with Gasteiger partial charge in [-0.05, 0) is 43.9 Å². The van der Waals surface area contributed by atoms with Gasteiger partial charge < -0.3 is 9.88 Å². The zero-order chi connectivity index (χ0) is 15.7. The molecule has 1 N–H and O–H groups in total. The molecule has 0 bridgehead atoms. The first-order chi connectivity index (χ1) is 10.5. The van der Waals surface area contributed by atoms with Gasteiger partial charge in [0, 0.05) is 23.7 Å². The van der Waals surface area contributed by atoms with Gasteiger partial charge in [0.15, 0.2) is 5.43 Å². The number of benzene rings is 1. The minimum atomic E-state index is 0.0138. The molecule has 4 heteroatoms. The third-order valence-electron chi connectivity index (χ3n) is 4.45. The summed E-state index contributed by atoms with van der Waals surface area (Å²) in [5, 5.41) is 3.81. The van der Waals surface area contributed by atoms with Gasteiger partial charge in [0.2, 0.25) is 5.91 Å². The van der Waals surface area contributed by atoms with Crippen molar-refractivity contribution in [2.75, 3.05) is 0 Å². The molecule has 0 spiro atoms. The Bertz CT molecular complexity index is 770. The molecule has 1 aromatic carbocycles. The highest BCUT2D eigenvalue weighted by atomic mass is 16.2. The van der Waals surface area contributed by atoms with E-state index in [4.69, 9.17) is 0 Å². The minimum Gasteiger partial charge on any atom is -0.352 e. The maximum Gasteiger partial charge on any atom is 0.240 e. The van der Waals surface area contributed by atoms with Crippen molar-refractivity contribution < 1.29 is 4.79 Å². The van der Waals surface area contributed by atoms with E-state index in [2.05, 4.69) is 5.32 Å². The Kier molecular flexibility index (Phi) is 4.01. The molecule has 1 amide bonds. The summed E-state index contributed by atoms with van der Waals surface area (Å²) in [5.41, 5.74) is 2.91. The second-order valence-electron chi connectivity index (χ2n) is 6.33. The number of nitrogens with one attached hydrogen (secondary N) is 1. The molecule has 0 unspecified atom stereocenters. The Hall–Kier alpha value is -2.10. The predicted molar refractivity (Wildman–Crippen MR) is 88.1 cm³/mol. The van der Waals surface area contributed by atoms with E-state index in [1.165, 1.54) is 12.8 Å². The van der Waals surface area contributed by atoms with Crippen LogP contribution < -0.4 is 10.7 Å². The lowest BCUT2D eigenvalue weighted by Gasteiger charge is -2.15. The van der Waals surface area contributed by atoms with Crippen molar-refractivity contribution in [2.24, 2.45) is 0 Å². The molecule has 1 aromatic heterocycles. The van der Waals surface area contributed by atoms with E-state index in [9.17, 15) is 9.59 Å². The molecule has 4 nitrogen and oxygen atoms in total. The zero-order valence-corrected chi connectivity index (χ0v) is 13.2. The lowest BCUT2D eigenvalue weighted by atomic mass is 10.1. The van der Waals surface area contributed by atoms with Crippen LogP contribution in [-0.2, 0) is 11.3 Å². The summed E-state index contributed by atoms with van der Waals surface area (Å²) < 4.78 is 1.88. The minimum absolute atomic E-state index is 0.0138. The fourth-order valence-corrected chi connectivity index (χ4v) is 3.45. The molecule has 0 radical (unpaired) electrons. The molecule has 0 atom stereocenters. The highest BCUT2D eigenvalue weighted by molar-refractivity contribution is 5.85. The first-order valence-corrected chi connectivity index (χ1v) is 7.94. The number of rotatable bonds is 3. The molecule has 2 aromatic rings. The number of fused-ring (bicyclic) bond motifs is 1. The highest BCUT2D eigenvalue weighted by Crippen LogP contribution is 2.19. The lowest BCUT2D eigenvalue weighted by molar-refractivity contribution is -0.122. The number of nitrogens with zero attached hydrogens (tertiary/aromatic N) is 1. The van der Waals surface area contributed by atoms with E-state index in [0.717, 1.165) is 29.5 Å². The zero-order valence-electron chi connectivity index (χ0n) is 13.2. The fourth-order valence-electron chi connectivity index (χ4n) is 3.45. The fraction of sp³-hybridized carbons (Fsp3) is 0.444. The Morgan fingerprint density at radius 2 is 2.00 bits per heavy atom. The first-order valence-electron chi connectivity index (χ1n) is 7.94. The first kappa shape index (κ1) is 14.8. The summed E-state index contributed by atoms with van der Waals surface area (Å²) in [7, 11) is 0. The van der Waals surface area contributed by atoms with E-state index < -0.39 is 0 Å². The standard InChI is InChI=1S/C18H22N2O2/c1-12-9-13(2)18-15(10-12)20(8-7-16(18)21)11-17(22)19-14-5-3-4-6-14/h7-10,14H,3-6,11H2,1-2H3,(H,19,22). The van der Waals surface area contributed by atoms with Crippen LogP contribution in [0, 0.1) is 13.8 Å². The second kappa shape index (κ2) is 5.95. The topological polar surface area (TPSA) is 51.1 Å². The number of hydrogen-bond donors (Lipinski definition) is 1.